The Hall–Kier alpha value is -4.86. The van der Waals surface area contributed by atoms with Gasteiger partial charge in [-0.15, -0.1) is 0 Å². The van der Waals surface area contributed by atoms with Gasteiger partial charge in [0, 0.05) is 43.0 Å². The molecular formula is C30H28N8O2. The lowest BCUT2D eigenvalue weighted by atomic mass is 9.94. The molecule has 0 spiro atoms. The second-order valence-electron chi connectivity index (χ2n) is 10.6. The number of amides is 1. The zero-order valence-electron chi connectivity index (χ0n) is 22.3. The van der Waals surface area contributed by atoms with Crippen LogP contribution in [0.3, 0.4) is 0 Å². The number of ether oxygens (including phenoxy) is 1. The molecule has 4 aromatic heterocycles. The number of aromatic nitrogens is 6. The topological polar surface area (TPSA) is 111 Å². The highest BCUT2D eigenvalue weighted by atomic mass is 16.5. The normalized spacial score (nSPS) is 19.9. The predicted octanol–water partition coefficient (Wildman–Crippen LogP) is 5.04. The molecular weight excluding hydrogens is 504 g/mol. The molecule has 10 nitrogen and oxygen atoms in total. The maximum Gasteiger partial charge on any atom is 0.246 e. The van der Waals surface area contributed by atoms with Crippen molar-refractivity contribution in [2.24, 2.45) is 13.0 Å². The highest BCUT2D eigenvalue weighted by molar-refractivity contribution is 5.88. The second-order valence-corrected chi connectivity index (χ2v) is 10.6. The minimum absolute atomic E-state index is 0.0000182. The summed E-state index contributed by atoms with van der Waals surface area (Å²) in [5, 5.41) is 3.42. The van der Waals surface area contributed by atoms with Gasteiger partial charge in [0.2, 0.25) is 5.91 Å². The molecule has 1 saturated carbocycles. The second kappa shape index (κ2) is 9.41. The Morgan fingerprint density at radius 2 is 2.00 bits per heavy atom. The van der Waals surface area contributed by atoms with Crippen LogP contribution in [0.1, 0.15) is 30.0 Å². The first-order valence-corrected chi connectivity index (χ1v) is 13.3. The van der Waals surface area contributed by atoms with E-state index in [1.54, 1.807) is 18.9 Å². The summed E-state index contributed by atoms with van der Waals surface area (Å²) in [5.41, 5.74) is 5.84. The van der Waals surface area contributed by atoms with Crippen LogP contribution in [-0.4, -0.2) is 52.9 Å². The molecule has 1 N–H and O–H groups in total. The molecule has 1 saturated heterocycles. The average molecular weight is 533 g/mol. The Balaban J connectivity index is 1.14. The molecule has 5 aromatic rings. The molecule has 10 heteroatoms. The van der Waals surface area contributed by atoms with Crippen LogP contribution in [0.15, 0.2) is 67.9 Å². The summed E-state index contributed by atoms with van der Waals surface area (Å²) < 4.78 is 7.99. The average Bonchev–Trinajstić information content (AvgIpc) is 3.69. The van der Waals surface area contributed by atoms with Gasteiger partial charge in [0.25, 0.3) is 0 Å². The van der Waals surface area contributed by atoms with Gasteiger partial charge >= 0.3 is 0 Å². The van der Waals surface area contributed by atoms with Gasteiger partial charge in [-0.25, -0.2) is 24.9 Å². The molecule has 0 unspecified atom stereocenters. The fraction of sp³-hybridized carbons (Fsp3) is 0.267. The number of rotatable bonds is 6. The van der Waals surface area contributed by atoms with Crippen LogP contribution in [-0.2, 0) is 11.8 Å². The summed E-state index contributed by atoms with van der Waals surface area (Å²) in [6.07, 6.45) is 8.44. The van der Waals surface area contributed by atoms with Crippen molar-refractivity contribution in [2.45, 2.75) is 31.7 Å². The van der Waals surface area contributed by atoms with E-state index in [4.69, 9.17) is 9.72 Å². The third kappa shape index (κ3) is 4.12. The van der Waals surface area contributed by atoms with Crippen molar-refractivity contribution in [3.63, 3.8) is 0 Å². The minimum atomic E-state index is 0.0000182. The highest BCUT2D eigenvalue weighted by Gasteiger charge is 2.47. The molecule has 3 atom stereocenters. The fourth-order valence-electron chi connectivity index (χ4n) is 6.13. The Morgan fingerprint density at radius 3 is 2.83 bits per heavy atom. The zero-order chi connectivity index (χ0) is 27.4. The number of nitrogens with one attached hydrogen (secondary N) is 1. The number of hydrogen-bond acceptors (Lipinski definition) is 8. The van der Waals surface area contributed by atoms with Gasteiger partial charge in [0.1, 0.15) is 28.9 Å². The molecule has 200 valence electrons. The van der Waals surface area contributed by atoms with Crippen molar-refractivity contribution in [3.05, 3.63) is 79.2 Å². The number of anilines is 2. The standard InChI is InChI=1S/C30H28N8O2/c1-4-27(39)38-14-18-10-21(25(38)11-18)22-6-7-23-28(36-22)29(33-15-32-23)35-19-5-8-26(17(2)9-19)40-20-12-24-30(31-13-20)37(3)16-34-24/h4-9,12-13,15-16,18,21,25H,1,10-11,14H2,2-3H3,(H,32,33,35)/t18-,21-,25-/m1/s1. The number of nitrogens with zero attached hydrogens (tertiary/aromatic N) is 7. The number of benzene rings is 1. The third-order valence-electron chi connectivity index (χ3n) is 8.01. The number of imidazole rings is 1. The Labute approximate surface area is 230 Å². The molecule has 1 aliphatic heterocycles. The van der Waals surface area contributed by atoms with E-state index in [2.05, 4.69) is 31.8 Å². The lowest BCUT2D eigenvalue weighted by molar-refractivity contribution is -0.127. The highest BCUT2D eigenvalue weighted by Crippen LogP contribution is 2.47. The first kappa shape index (κ1) is 24.2. The molecule has 0 radical (unpaired) electrons. The maximum absolute atomic E-state index is 12.4. The predicted molar refractivity (Wildman–Crippen MR) is 152 cm³/mol. The monoisotopic (exact) mass is 532 g/mol. The van der Waals surface area contributed by atoms with Gasteiger partial charge in [-0.2, -0.15) is 0 Å². The number of pyridine rings is 2. The summed E-state index contributed by atoms with van der Waals surface area (Å²) in [6, 6.07) is 11.9. The number of hydrogen-bond donors (Lipinski definition) is 1. The molecule has 40 heavy (non-hydrogen) atoms. The number of fused-ring (bicyclic) bond motifs is 4. The van der Waals surface area contributed by atoms with E-state index in [-0.39, 0.29) is 17.9 Å². The van der Waals surface area contributed by atoms with Crippen LogP contribution in [0.2, 0.25) is 0 Å². The lowest BCUT2D eigenvalue weighted by Crippen LogP contribution is -2.40. The van der Waals surface area contributed by atoms with Crippen molar-refractivity contribution in [1.29, 1.82) is 0 Å². The van der Waals surface area contributed by atoms with Crippen LogP contribution >= 0.6 is 0 Å². The molecule has 1 aromatic carbocycles. The summed E-state index contributed by atoms with van der Waals surface area (Å²) >= 11 is 0. The SMILES string of the molecule is C=CC(=O)N1C[C@@H]2C[C@H](c3ccc4ncnc(Nc5ccc(Oc6cnc7c(c6)ncn7C)c(C)c5)c4n3)[C@H]1C2. The molecule has 2 aliphatic rings. The van der Waals surface area contributed by atoms with Crippen LogP contribution < -0.4 is 10.1 Å². The van der Waals surface area contributed by atoms with Crippen LogP contribution in [0, 0.1) is 12.8 Å². The van der Waals surface area contributed by atoms with Gasteiger partial charge < -0.3 is 19.5 Å². The minimum Gasteiger partial charge on any atom is -0.455 e. The first-order valence-electron chi connectivity index (χ1n) is 13.3. The Morgan fingerprint density at radius 1 is 1.10 bits per heavy atom. The van der Waals surface area contributed by atoms with Crippen LogP contribution in [0.4, 0.5) is 11.5 Å². The summed E-state index contributed by atoms with van der Waals surface area (Å²) in [7, 11) is 1.91. The van der Waals surface area contributed by atoms with E-state index in [1.807, 2.05) is 59.8 Å². The van der Waals surface area contributed by atoms with Crippen molar-refractivity contribution in [2.75, 3.05) is 11.9 Å². The molecule has 1 aliphatic carbocycles. The van der Waals surface area contributed by atoms with E-state index in [9.17, 15) is 4.79 Å². The van der Waals surface area contributed by atoms with E-state index in [0.717, 1.165) is 58.8 Å². The quantitative estimate of drug-likeness (QED) is 0.303. The van der Waals surface area contributed by atoms with E-state index < -0.39 is 0 Å². The smallest absolute Gasteiger partial charge is 0.246 e. The molecule has 5 heterocycles. The summed E-state index contributed by atoms with van der Waals surface area (Å²) in [6.45, 7) is 6.48. The molecule has 1 amide bonds. The number of carbonyl (C=O) groups excluding carboxylic acids is 1. The Kier molecular flexibility index (Phi) is 5.69. The number of piperidine rings is 1. The van der Waals surface area contributed by atoms with Crippen molar-refractivity contribution < 1.29 is 9.53 Å². The van der Waals surface area contributed by atoms with Gasteiger partial charge in [-0.3, -0.25) is 4.79 Å². The molecule has 2 fully saturated rings. The van der Waals surface area contributed by atoms with E-state index in [1.165, 1.54) is 6.08 Å². The van der Waals surface area contributed by atoms with Gasteiger partial charge in [0.15, 0.2) is 11.5 Å². The summed E-state index contributed by atoms with van der Waals surface area (Å²) in [4.78, 5) is 37.1. The van der Waals surface area contributed by atoms with E-state index in [0.29, 0.717) is 23.0 Å². The van der Waals surface area contributed by atoms with Crippen molar-refractivity contribution >= 4 is 39.6 Å². The van der Waals surface area contributed by atoms with Gasteiger partial charge in [0.05, 0.1) is 18.0 Å². The fourth-order valence-corrected chi connectivity index (χ4v) is 6.13. The third-order valence-corrected chi connectivity index (χ3v) is 8.01. The van der Waals surface area contributed by atoms with Crippen LogP contribution in [0.25, 0.3) is 22.2 Å². The first-order chi connectivity index (χ1) is 19.5. The summed E-state index contributed by atoms with van der Waals surface area (Å²) in [5.74, 6) is 2.69. The van der Waals surface area contributed by atoms with Crippen molar-refractivity contribution in [1.82, 2.24) is 34.4 Å². The van der Waals surface area contributed by atoms with Gasteiger partial charge in [-0.1, -0.05) is 6.58 Å². The molecule has 2 bridgehead atoms. The number of carbonyl (C=O) groups is 1. The largest absolute Gasteiger partial charge is 0.455 e. The Bertz CT molecular complexity index is 1800. The van der Waals surface area contributed by atoms with Crippen LogP contribution in [0.5, 0.6) is 11.5 Å². The molecule has 7 rings (SSSR count). The lowest BCUT2D eigenvalue weighted by Gasteiger charge is -2.32. The van der Waals surface area contributed by atoms with E-state index >= 15 is 0 Å². The number of likely N-dealkylation sites (tertiary alicyclic amines) is 1. The van der Waals surface area contributed by atoms with Gasteiger partial charge in [-0.05, 0) is 67.7 Å². The maximum atomic E-state index is 12.4. The zero-order valence-corrected chi connectivity index (χ0v) is 22.3. The number of aryl methyl sites for hydroxylation is 2. The van der Waals surface area contributed by atoms with Crippen molar-refractivity contribution in [3.8, 4) is 11.5 Å².